The molecule has 1 unspecified atom stereocenters. The molecule has 0 saturated heterocycles. The third-order valence-corrected chi connectivity index (χ3v) is 3.74. The number of ether oxygens (including phenoxy) is 1. The van der Waals surface area contributed by atoms with Gasteiger partial charge < -0.3 is 10.1 Å². The predicted molar refractivity (Wildman–Crippen MR) is 75.6 cm³/mol. The minimum atomic E-state index is -0.192. The van der Waals surface area contributed by atoms with Crippen LogP contribution in [0.4, 0.5) is 4.39 Å². The van der Waals surface area contributed by atoms with Gasteiger partial charge in [-0.05, 0) is 24.3 Å². The molecule has 0 bridgehead atoms. The van der Waals surface area contributed by atoms with Crippen LogP contribution < -0.4 is 10.1 Å². The molecule has 0 fully saturated rings. The Labute approximate surface area is 119 Å². The second-order valence-electron chi connectivity index (χ2n) is 4.52. The van der Waals surface area contributed by atoms with E-state index in [1.165, 1.54) is 6.07 Å². The Hall–Kier alpha value is -1.39. The molecular weight excluding hydrogens is 309 g/mol. The summed E-state index contributed by atoms with van der Waals surface area (Å²) < 4.78 is 20.1. The van der Waals surface area contributed by atoms with Crippen LogP contribution >= 0.6 is 15.9 Å². The van der Waals surface area contributed by atoms with Crippen molar-refractivity contribution in [3.63, 3.8) is 0 Å². The van der Waals surface area contributed by atoms with Crippen LogP contribution in [0.25, 0.3) is 0 Å². The lowest BCUT2D eigenvalue weighted by atomic mass is 10.1. The molecule has 0 amide bonds. The summed E-state index contributed by atoms with van der Waals surface area (Å²) in [7, 11) is 0. The molecule has 1 atom stereocenters. The lowest BCUT2D eigenvalue weighted by molar-refractivity contribution is 0.310. The lowest BCUT2D eigenvalue weighted by Gasteiger charge is -2.12. The summed E-state index contributed by atoms with van der Waals surface area (Å²) in [6.07, 6.45) is 0. The highest BCUT2D eigenvalue weighted by Gasteiger charge is 2.23. The molecule has 0 radical (unpaired) electrons. The molecule has 0 saturated carbocycles. The van der Waals surface area contributed by atoms with Crippen molar-refractivity contribution in [3.8, 4) is 5.75 Å². The first-order valence-corrected chi connectivity index (χ1v) is 6.92. The molecule has 1 N–H and O–H groups in total. The van der Waals surface area contributed by atoms with Gasteiger partial charge in [0.05, 0.1) is 6.04 Å². The first kappa shape index (κ1) is 12.6. The maximum absolute atomic E-state index is 13.6. The van der Waals surface area contributed by atoms with E-state index in [0.29, 0.717) is 18.7 Å². The number of halogens is 2. The fourth-order valence-corrected chi connectivity index (χ4v) is 2.65. The van der Waals surface area contributed by atoms with E-state index in [1.807, 2.05) is 24.3 Å². The number of benzene rings is 2. The van der Waals surface area contributed by atoms with Gasteiger partial charge in [-0.2, -0.15) is 0 Å². The van der Waals surface area contributed by atoms with Gasteiger partial charge in [0, 0.05) is 22.1 Å². The van der Waals surface area contributed by atoms with Gasteiger partial charge in [-0.15, -0.1) is 0 Å². The summed E-state index contributed by atoms with van der Waals surface area (Å²) in [6.45, 7) is 1.07. The molecule has 3 rings (SSSR count). The van der Waals surface area contributed by atoms with E-state index in [0.717, 1.165) is 15.8 Å². The second kappa shape index (κ2) is 5.31. The van der Waals surface area contributed by atoms with E-state index in [2.05, 4.69) is 21.2 Å². The maximum Gasteiger partial charge on any atom is 0.127 e. The summed E-state index contributed by atoms with van der Waals surface area (Å²) in [4.78, 5) is 0. The Bertz CT molecular complexity index is 602. The summed E-state index contributed by atoms with van der Waals surface area (Å²) in [5.41, 5.74) is 1.79. The molecule has 2 nitrogen and oxygen atoms in total. The van der Waals surface area contributed by atoms with Gasteiger partial charge in [0.25, 0.3) is 0 Å². The topological polar surface area (TPSA) is 21.3 Å². The lowest BCUT2D eigenvalue weighted by Crippen LogP contribution is -2.22. The van der Waals surface area contributed by atoms with Crippen LogP contribution in [0.3, 0.4) is 0 Å². The van der Waals surface area contributed by atoms with Gasteiger partial charge in [-0.25, -0.2) is 4.39 Å². The van der Waals surface area contributed by atoms with E-state index in [9.17, 15) is 4.39 Å². The van der Waals surface area contributed by atoms with Crippen molar-refractivity contribution in [2.24, 2.45) is 0 Å². The molecule has 4 heteroatoms. The third-order valence-electron chi connectivity index (χ3n) is 3.25. The summed E-state index contributed by atoms with van der Waals surface area (Å²) in [5, 5.41) is 3.34. The predicted octanol–water partition coefficient (Wildman–Crippen LogP) is 3.81. The number of rotatable bonds is 3. The molecule has 0 aliphatic carbocycles. The van der Waals surface area contributed by atoms with Crippen molar-refractivity contribution in [1.82, 2.24) is 5.32 Å². The highest BCUT2D eigenvalue weighted by Crippen LogP contribution is 2.31. The zero-order valence-corrected chi connectivity index (χ0v) is 11.8. The summed E-state index contributed by atoms with van der Waals surface area (Å²) >= 11 is 3.36. The third kappa shape index (κ3) is 2.65. The maximum atomic E-state index is 13.6. The smallest absolute Gasteiger partial charge is 0.127 e. The molecule has 0 spiro atoms. The monoisotopic (exact) mass is 321 g/mol. The number of nitrogens with one attached hydrogen (secondary N) is 1. The van der Waals surface area contributed by atoms with Crippen molar-refractivity contribution in [3.05, 3.63) is 63.9 Å². The van der Waals surface area contributed by atoms with Gasteiger partial charge in [-0.3, -0.25) is 0 Å². The van der Waals surface area contributed by atoms with Gasteiger partial charge in [0.15, 0.2) is 0 Å². The largest absolute Gasteiger partial charge is 0.491 e. The number of para-hydroxylation sites is 1. The Morgan fingerprint density at radius 3 is 3.00 bits per heavy atom. The van der Waals surface area contributed by atoms with E-state index in [-0.39, 0.29) is 11.9 Å². The highest BCUT2D eigenvalue weighted by molar-refractivity contribution is 9.10. The van der Waals surface area contributed by atoms with Crippen molar-refractivity contribution in [1.29, 1.82) is 0 Å². The SMILES string of the molecule is Fc1ccc(Br)cc1CNC1COc2ccccc21. The number of hydrogen-bond donors (Lipinski definition) is 1. The molecule has 19 heavy (non-hydrogen) atoms. The number of hydrogen-bond acceptors (Lipinski definition) is 2. The zero-order chi connectivity index (χ0) is 13.2. The Morgan fingerprint density at radius 2 is 2.11 bits per heavy atom. The fraction of sp³-hybridized carbons (Fsp3) is 0.200. The number of fused-ring (bicyclic) bond motifs is 1. The van der Waals surface area contributed by atoms with Gasteiger partial charge >= 0.3 is 0 Å². The second-order valence-corrected chi connectivity index (χ2v) is 5.43. The Kier molecular flexibility index (Phi) is 3.53. The normalized spacial score (nSPS) is 17.1. The molecule has 98 valence electrons. The summed E-state index contributed by atoms with van der Waals surface area (Å²) in [6, 6.07) is 13.0. The molecule has 2 aromatic carbocycles. The minimum absolute atomic E-state index is 0.120. The van der Waals surface area contributed by atoms with Gasteiger partial charge in [0.1, 0.15) is 18.2 Å². The molecule has 0 aromatic heterocycles. The molecule has 2 aromatic rings. The first-order valence-electron chi connectivity index (χ1n) is 6.13. The van der Waals surface area contributed by atoms with Crippen molar-refractivity contribution < 1.29 is 9.13 Å². The molecule has 1 aliphatic heterocycles. The van der Waals surface area contributed by atoms with E-state index < -0.39 is 0 Å². The van der Waals surface area contributed by atoms with E-state index in [1.54, 1.807) is 12.1 Å². The Morgan fingerprint density at radius 1 is 1.26 bits per heavy atom. The van der Waals surface area contributed by atoms with E-state index >= 15 is 0 Å². The highest BCUT2D eigenvalue weighted by atomic mass is 79.9. The standard InChI is InChI=1S/C15H13BrFNO/c16-11-5-6-13(17)10(7-11)8-18-14-9-19-15-4-2-1-3-12(14)15/h1-7,14,18H,8-9H2. The van der Waals surface area contributed by atoms with E-state index in [4.69, 9.17) is 4.74 Å². The molecular formula is C15H13BrFNO. The average molecular weight is 322 g/mol. The zero-order valence-electron chi connectivity index (χ0n) is 10.2. The molecule has 1 aliphatic rings. The van der Waals surface area contributed by atoms with Crippen LogP contribution in [0.5, 0.6) is 5.75 Å². The first-order chi connectivity index (χ1) is 9.24. The van der Waals surface area contributed by atoms with Crippen LogP contribution in [0.2, 0.25) is 0 Å². The Balaban J connectivity index is 1.72. The molecule has 1 heterocycles. The van der Waals surface area contributed by atoms with Crippen LogP contribution in [0.15, 0.2) is 46.9 Å². The van der Waals surface area contributed by atoms with Gasteiger partial charge in [0.2, 0.25) is 0 Å². The summed E-state index contributed by atoms with van der Waals surface area (Å²) in [5.74, 6) is 0.720. The van der Waals surface area contributed by atoms with Crippen LogP contribution in [0.1, 0.15) is 17.2 Å². The van der Waals surface area contributed by atoms with Crippen molar-refractivity contribution in [2.75, 3.05) is 6.61 Å². The fourth-order valence-electron chi connectivity index (χ4n) is 2.24. The van der Waals surface area contributed by atoms with Crippen LogP contribution in [-0.4, -0.2) is 6.61 Å². The van der Waals surface area contributed by atoms with Crippen LogP contribution in [0, 0.1) is 5.82 Å². The van der Waals surface area contributed by atoms with Crippen LogP contribution in [-0.2, 0) is 6.54 Å². The van der Waals surface area contributed by atoms with Crippen molar-refractivity contribution in [2.45, 2.75) is 12.6 Å². The van der Waals surface area contributed by atoms with Gasteiger partial charge in [-0.1, -0.05) is 34.1 Å². The quantitative estimate of drug-likeness (QED) is 0.928. The van der Waals surface area contributed by atoms with Crippen molar-refractivity contribution >= 4 is 15.9 Å². The average Bonchev–Trinajstić information content (AvgIpc) is 2.83. The minimum Gasteiger partial charge on any atom is -0.491 e.